The van der Waals surface area contributed by atoms with Crippen LogP contribution in [0.3, 0.4) is 0 Å². The topological polar surface area (TPSA) is 105 Å². The van der Waals surface area contributed by atoms with Crippen molar-refractivity contribution >= 4 is 23.9 Å². The van der Waals surface area contributed by atoms with Crippen LogP contribution in [0.1, 0.15) is 27.7 Å². The third-order valence-electron chi connectivity index (χ3n) is 4.58. The van der Waals surface area contributed by atoms with Gasteiger partial charge in [0.05, 0.1) is 0 Å². The van der Waals surface area contributed by atoms with E-state index in [9.17, 15) is 19.2 Å². The Bertz CT molecular complexity index is 1420. The molecule has 0 amide bonds. The van der Waals surface area contributed by atoms with Gasteiger partial charge in [0.2, 0.25) is 11.6 Å². The normalized spacial score (nSPS) is 10.2. The van der Waals surface area contributed by atoms with Crippen LogP contribution in [0.4, 0.5) is 8.78 Å². The lowest BCUT2D eigenvalue weighted by atomic mass is 10.0. The minimum Gasteiger partial charge on any atom is -0.423 e. The van der Waals surface area contributed by atoms with Gasteiger partial charge in [0, 0.05) is 39.5 Å². The predicted molar refractivity (Wildman–Crippen MR) is 134 cm³/mol. The van der Waals surface area contributed by atoms with Crippen LogP contribution >= 0.6 is 0 Å². The molecule has 0 heterocycles. The molecule has 10 heteroatoms. The molecule has 0 spiro atoms. The Morgan fingerprint density at radius 2 is 1.03 bits per heavy atom. The van der Waals surface area contributed by atoms with Crippen molar-refractivity contribution in [2.75, 3.05) is 0 Å². The Kier molecular flexibility index (Phi) is 9.21. The molecular formula is C28H24F2O8. The summed E-state index contributed by atoms with van der Waals surface area (Å²) in [5.41, 5.74) is -0.939. The molecule has 0 bridgehead atoms. The fourth-order valence-corrected chi connectivity index (χ4v) is 2.57. The average Bonchev–Trinajstić information content (AvgIpc) is 2.83. The van der Waals surface area contributed by atoms with Gasteiger partial charge in [0.15, 0.2) is 11.6 Å². The van der Waals surface area contributed by atoms with Crippen molar-refractivity contribution in [3.63, 3.8) is 0 Å². The molecule has 2 rings (SSSR count). The molecule has 0 radical (unpaired) electrons. The summed E-state index contributed by atoms with van der Waals surface area (Å²) >= 11 is 0. The molecule has 0 aliphatic rings. The number of benzene rings is 2. The van der Waals surface area contributed by atoms with Crippen molar-refractivity contribution in [2.45, 2.75) is 27.7 Å². The van der Waals surface area contributed by atoms with E-state index in [0.29, 0.717) is 0 Å². The molecule has 0 aliphatic heterocycles. The minimum atomic E-state index is -1.68. The first-order valence-electron chi connectivity index (χ1n) is 10.8. The lowest BCUT2D eigenvalue weighted by Gasteiger charge is -2.17. The maximum Gasteiger partial charge on any atom is 0.338 e. The summed E-state index contributed by atoms with van der Waals surface area (Å²) in [5, 5.41) is 0. The van der Waals surface area contributed by atoms with Crippen LogP contribution < -0.4 is 18.9 Å². The highest BCUT2D eigenvalue weighted by molar-refractivity contribution is 5.93. The smallest absolute Gasteiger partial charge is 0.338 e. The fourth-order valence-electron chi connectivity index (χ4n) is 2.57. The summed E-state index contributed by atoms with van der Waals surface area (Å²) in [4.78, 5) is 48.4. The number of halogens is 2. The SMILES string of the molecule is C=C(C)C(=O)Oc1ccc(-c2cc(OC(=O)C(=C)C)c(OC(=O)C(=C)C)c(F)c2F)c(OC(=O)C(=C)C)c1. The van der Waals surface area contributed by atoms with Crippen LogP contribution in [0, 0.1) is 11.6 Å². The van der Waals surface area contributed by atoms with E-state index >= 15 is 8.78 Å². The first-order chi connectivity index (χ1) is 17.6. The van der Waals surface area contributed by atoms with Crippen molar-refractivity contribution < 1.29 is 46.9 Å². The van der Waals surface area contributed by atoms with Crippen LogP contribution in [0.25, 0.3) is 11.1 Å². The Labute approximate surface area is 217 Å². The van der Waals surface area contributed by atoms with Crippen LogP contribution in [0.2, 0.25) is 0 Å². The van der Waals surface area contributed by atoms with Crippen molar-refractivity contribution in [1.82, 2.24) is 0 Å². The summed E-state index contributed by atoms with van der Waals surface area (Å²) in [7, 11) is 0. The molecule has 0 aliphatic carbocycles. The van der Waals surface area contributed by atoms with Gasteiger partial charge < -0.3 is 18.9 Å². The molecule has 8 nitrogen and oxygen atoms in total. The van der Waals surface area contributed by atoms with Gasteiger partial charge in [0.25, 0.3) is 0 Å². The standard InChI is InChI=1S/C28H24F2O8/c1-13(2)25(31)35-17-9-10-18(20(11-17)36-26(32)14(3)4)19-12-21(37-27(33)15(5)6)24(23(30)22(19)29)38-28(34)16(7)8/h9-12H,1,3,5,7H2,2,4,6,8H3. The van der Waals surface area contributed by atoms with Crippen molar-refractivity contribution in [2.24, 2.45) is 0 Å². The van der Waals surface area contributed by atoms with Gasteiger partial charge in [-0.15, -0.1) is 0 Å². The van der Waals surface area contributed by atoms with E-state index in [2.05, 4.69) is 26.3 Å². The fraction of sp³-hybridized carbons (Fsp3) is 0.143. The zero-order valence-corrected chi connectivity index (χ0v) is 21.2. The molecule has 0 saturated carbocycles. The maximum atomic E-state index is 15.4. The molecule has 2 aromatic rings. The largest absolute Gasteiger partial charge is 0.423 e. The van der Waals surface area contributed by atoms with Crippen LogP contribution in [-0.4, -0.2) is 23.9 Å². The highest BCUT2D eigenvalue weighted by Gasteiger charge is 2.28. The number of carbonyl (C=O) groups excluding carboxylic acids is 4. The quantitative estimate of drug-likeness (QED) is 0.238. The molecule has 0 fully saturated rings. The van der Waals surface area contributed by atoms with Gasteiger partial charge in [-0.2, -0.15) is 4.39 Å². The number of carbonyl (C=O) groups is 4. The van der Waals surface area contributed by atoms with Crippen LogP contribution in [0.5, 0.6) is 23.0 Å². The van der Waals surface area contributed by atoms with Gasteiger partial charge in [-0.1, -0.05) is 26.3 Å². The van der Waals surface area contributed by atoms with Crippen molar-refractivity contribution in [1.29, 1.82) is 0 Å². The Balaban J connectivity index is 2.80. The number of ether oxygens (including phenoxy) is 4. The summed E-state index contributed by atoms with van der Waals surface area (Å²) in [6, 6.07) is 4.35. The lowest BCUT2D eigenvalue weighted by molar-refractivity contribution is -0.132. The highest BCUT2D eigenvalue weighted by Crippen LogP contribution is 2.43. The van der Waals surface area contributed by atoms with Gasteiger partial charge in [-0.3, -0.25) is 0 Å². The number of esters is 4. The third kappa shape index (κ3) is 6.88. The Morgan fingerprint density at radius 3 is 1.53 bits per heavy atom. The van der Waals surface area contributed by atoms with E-state index in [1.54, 1.807) is 0 Å². The number of hydrogen-bond donors (Lipinski definition) is 0. The second-order valence-electron chi connectivity index (χ2n) is 8.22. The molecule has 198 valence electrons. The molecule has 0 unspecified atom stereocenters. The summed E-state index contributed by atoms with van der Waals surface area (Å²) in [6.45, 7) is 19.1. The van der Waals surface area contributed by atoms with Crippen molar-refractivity contribution in [3.05, 3.63) is 84.5 Å². The van der Waals surface area contributed by atoms with E-state index in [4.69, 9.17) is 18.9 Å². The molecule has 38 heavy (non-hydrogen) atoms. The molecular weight excluding hydrogens is 502 g/mol. The van der Waals surface area contributed by atoms with Gasteiger partial charge in [0.1, 0.15) is 11.5 Å². The van der Waals surface area contributed by atoms with Crippen LogP contribution in [0.15, 0.2) is 72.9 Å². The first-order valence-corrected chi connectivity index (χ1v) is 10.8. The summed E-state index contributed by atoms with van der Waals surface area (Å²) in [5.74, 6) is -9.20. The zero-order chi connectivity index (χ0) is 28.9. The Hall–Kier alpha value is -4.86. The lowest BCUT2D eigenvalue weighted by Crippen LogP contribution is -2.15. The molecule has 0 saturated heterocycles. The van der Waals surface area contributed by atoms with Gasteiger partial charge >= 0.3 is 23.9 Å². The maximum absolute atomic E-state index is 15.4. The highest BCUT2D eigenvalue weighted by atomic mass is 19.2. The second-order valence-corrected chi connectivity index (χ2v) is 8.22. The van der Waals surface area contributed by atoms with Gasteiger partial charge in [-0.05, 0) is 45.9 Å². The van der Waals surface area contributed by atoms with Gasteiger partial charge in [-0.25, -0.2) is 23.6 Å². The number of rotatable bonds is 9. The van der Waals surface area contributed by atoms with Crippen molar-refractivity contribution in [3.8, 4) is 34.1 Å². The Morgan fingerprint density at radius 1 is 0.579 bits per heavy atom. The van der Waals surface area contributed by atoms with E-state index < -0.39 is 52.6 Å². The number of hydrogen-bond acceptors (Lipinski definition) is 8. The molecule has 2 aromatic carbocycles. The summed E-state index contributed by atoms with van der Waals surface area (Å²) in [6.07, 6.45) is 0. The second kappa shape index (κ2) is 11.9. The van der Waals surface area contributed by atoms with E-state index in [0.717, 1.165) is 12.1 Å². The molecule has 0 aromatic heterocycles. The third-order valence-corrected chi connectivity index (χ3v) is 4.58. The average molecular weight is 526 g/mol. The monoisotopic (exact) mass is 526 g/mol. The first kappa shape index (κ1) is 29.4. The summed E-state index contributed by atoms with van der Waals surface area (Å²) < 4.78 is 51.0. The predicted octanol–water partition coefficient (Wildman–Crippen LogP) is 5.56. The molecule has 0 atom stereocenters. The van der Waals surface area contributed by atoms with E-state index in [1.807, 2.05) is 0 Å². The van der Waals surface area contributed by atoms with Crippen LogP contribution in [-0.2, 0) is 19.2 Å². The minimum absolute atomic E-state index is 0.0231. The zero-order valence-electron chi connectivity index (χ0n) is 21.2. The van der Waals surface area contributed by atoms with E-state index in [1.165, 1.54) is 39.8 Å². The van der Waals surface area contributed by atoms with E-state index in [-0.39, 0.29) is 39.4 Å². The molecule has 0 N–H and O–H groups in total.